The Morgan fingerprint density at radius 2 is 1.32 bits per heavy atom. The summed E-state index contributed by atoms with van der Waals surface area (Å²) in [4.78, 5) is 30.1. The molecule has 112 valence electrons. The van der Waals surface area contributed by atoms with Crippen molar-refractivity contribution in [2.24, 2.45) is 0 Å². The van der Waals surface area contributed by atoms with Gasteiger partial charge in [-0.05, 0) is 38.4 Å². The number of carbonyl (C=O) groups is 2. The number of likely N-dealkylation sites (N-methyl/N-ethyl adjacent to an activating group) is 1. The fraction of sp³-hybridized carbons (Fsp3) is 0.176. The van der Waals surface area contributed by atoms with Gasteiger partial charge in [-0.25, -0.2) is 9.69 Å². The predicted octanol–water partition coefficient (Wildman–Crippen LogP) is 2.55. The van der Waals surface area contributed by atoms with Crippen LogP contribution < -0.4 is 9.80 Å². The Kier molecular flexibility index (Phi) is 3.65. The minimum absolute atomic E-state index is 0.245. The highest BCUT2D eigenvalue weighted by molar-refractivity contribution is 6.28. The number of para-hydroxylation sites is 2. The van der Waals surface area contributed by atoms with E-state index in [1.807, 2.05) is 48.5 Å². The first kappa shape index (κ1) is 14.3. The van der Waals surface area contributed by atoms with Gasteiger partial charge in [-0.15, -0.1) is 0 Å². The largest absolute Gasteiger partial charge is 0.337 e. The van der Waals surface area contributed by atoms with Crippen LogP contribution in [0.1, 0.15) is 0 Å². The highest BCUT2D eigenvalue weighted by Gasteiger charge is 2.47. The second-order valence-electron chi connectivity index (χ2n) is 5.33. The first-order valence-electron chi connectivity index (χ1n) is 7.05. The van der Waals surface area contributed by atoms with Crippen LogP contribution in [0.25, 0.3) is 0 Å². The van der Waals surface area contributed by atoms with Crippen molar-refractivity contribution in [2.45, 2.75) is 6.17 Å². The molecule has 0 aliphatic carbocycles. The molecule has 0 N–H and O–H groups in total. The van der Waals surface area contributed by atoms with Crippen molar-refractivity contribution in [3.05, 3.63) is 60.7 Å². The molecule has 5 nitrogen and oxygen atoms in total. The van der Waals surface area contributed by atoms with E-state index in [0.29, 0.717) is 11.4 Å². The highest BCUT2D eigenvalue weighted by Crippen LogP contribution is 2.30. The lowest BCUT2D eigenvalue weighted by Crippen LogP contribution is -2.45. The van der Waals surface area contributed by atoms with Gasteiger partial charge >= 0.3 is 6.03 Å². The molecule has 1 heterocycles. The summed E-state index contributed by atoms with van der Waals surface area (Å²) in [5.41, 5.74) is 1.29. The molecule has 0 aromatic heterocycles. The SMILES string of the molecule is CN(C)C1C(=O)N(c2ccccc2)C(=O)N1c1ccccc1. The normalized spacial score (nSPS) is 18.4. The third kappa shape index (κ3) is 2.25. The van der Waals surface area contributed by atoms with Gasteiger partial charge in [-0.3, -0.25) is 14.6 Å². The maximum atomic E-state index is 12.8. The van der Waals surface area contributed by atoms with Crippen molar-refractivity contribution in [3.63, 3.8) is 0 Å². The first-order chi connectivity index (χ1) is 10.6. The van der Waals surface area contributed by atoms with Crippen LogP contribution in [0, 0.1) is 0 Å². The molecule has 0 saturated carbocycles. The van der Waals surface area contributed by atoms with Gasteiger partial charge in [0, 0.05) is 5.69 Å². The van der Waals surface area contributed by atoms with Crippen LogP contribution in [0.4, 0.5) is 16.2 Å². The van der Waals surface area contributed by atoms with E-state index < -0.39 is 6.17 Å². The average Bonchev–Trinajstić information content (AvgIpc) is 2.80. The van der Waals surface area contributed by atoms with E-state index in [0.717, 1.165) is 0 Å². The average molecular weight is 295 g/mol. The number of anilines is 2. The number of hydrogen-bond donors (Lipinski definition) is 0. The molecule has 1 saturated heterocycles. The molecule has 5 heteroatoms. The third-order valence-corrected chi connectivity index (χ3v) is 3.62. The minimum Gasteiger partial charge on any atom is -0.281 e. The third-order valence-electron chi connectivity index (χ3n) is 3.62. The fourth-order valence-electron chi connectivity index (χ4n) is 2.64. The molecule has 1 unspecified atom stereocenters. The van der Waals surface area contributed by atoms with E-state index >= 15 is 0 Å². The minimum atomic E-state index is -0.643. The lowest BCUT2D eigenvalue weighted by molar-refractivity contribution is -0.120. The van der Waals surface area contributed by atoms with Crippen molar-refractivity contribution >= 4 is 23.3 Å². The molecule has 0 bridgehead atoms. The van der Waals surface area contributed by atoms with Crippen LogP contribution in [0.5, 0.6) is 0 Å². The van der Waals surface area contributed by atoms with Gasteiger partial charge in [0.25, 0.3) is 5.91 Å². The van der Waals surface area contributed by atoms with Crippen LogP contribution in [-0.4, -0.2) is 37.1 Å². The Morgan fingerprint density at radius 3 is 1.82 bits per heavy atom. The van der Waals surface area contributed by atoms with Crippen molar-refractivity contribution in [1.82, 2.24) is 4.90 Å². The molecule has 0 radical (unpaired) electrons. The Labute approximate surface area is 129 Å². The smallest absolute Gasteiger partial charge is 0.281 e. The van der Waals surface area contributed by atoms with E-state index in [1.54, 1.807) is 31.1 Å². The molecule has 22 heavy (non-hydrogen) atoms. The van der Waals surface area contributed by atoms with E-state index in [2.05, 4.69) is 0 Å². The van der Waals surface area contributed by atoms with Gasteiger partial charge in [0.1, 0.15) is 0 Å². The summed E-state index contributed by atoms with van der Waals surface area (Å²) in [5.74, 6) is -0.245. The summed E-state index contributed by atoms with van der Waals surface area (Å²) in [7, 11) is 3.58. The van der Waals surface area contributed by atoms with Crippen molar-refractivity contribution < 1.29 is 9.59 Å². The molecule has 3 rings (SSSR count). The number of benzene rings is 2. The summed E-state index contributed by atoms with van der Waals surface area (Å²) in [6.07, 6.45) is -0.643. The molecule has 0 spiro atoms. The van der Waals surface area contributed by atoms with Crippen LogP contribution in [0.3, 0.4) is 0 Å². The predicted molar refractivity (Wildman–Crippen MR) is 85.7 cm³/mol. The van der Waals surface area contributed by atoms with Gasteiger partial charge in [-0.1, -0.05) is 36.4 Å². The highest BCUT2D eigenvalue weighted by atomic mass is 16.2. The Balaban J connectivity index is 2.07. The zero-order valence-corrected chi connectivity index (χ0v) is 12.5. The molecule has 3 amide bonds. The lowest BCUT2D eigenvalue weighted by Gasteiger charge is -2.26. The second-order valence-corrected chi connectivity index (χ2v) is 5.33. The number of urea groups is 1. The van der Waals surface area contributed by atoms with Crippen LogP contribution >= 0.6 is 0 Å². The Hall–Kier alpha value is -2.66. The zero-order valence-electron chi connectivity index (χ0n) is 12.5. The summed E-state index contributed by atoms with van der Waals surface area (Å²) in [6, 6.07) is 17.9. The van der Waals surface area contributed by atoms with Crippen molar-refractivity contribution in [1.29, 1.82) is 0 Å². The molecule has 1 fully saturated rings. The van der Waals surface area contributed by atoms with Crippen molar-refractivity contribution in [2.75, 3.05) is 23.9 Å². The van der Waals surface area contributed by atoms with Crippen LogP contribution in [0.2, 0.25) is 0 Å². The fourth-order valence-corrected chi connectivity index (χ4v) is 2.64. The molecule has 2 aromatic carbocycles. The van der Waals surface area contributed by atoms with Gasteiger partial charge in [0.15, 0.2) is 6.17 Å². The van der Waals surface area contributed by atoms with Crippen LogP contribution in [0.15, 0.2) is 60.7 Å². The van der Waals surface area contributed by atoms with Gasteiger partial charge in [0.2, 0.25) is 0 Å². The molecular formula is C17H17N3O2. The molecule has 1 aliphatic rings. The number of carbonyl (C=O) groups excluding carboxylic acids is 2. The number of nitrogens with zero attached hydrogens (tertiary/aromatic N) is 3. The topological polar surface area (TPSA) is 43.9 Å². The summed E-state index contributed by atoms with van der Waals surface area (Å²) in [5, 5.41) is 0. The number of imide groups is 1. The van der Waals surface area contributed by atoms with Gasteiger partial charge in [0.05, 0.1) is 5.69 Å². The van der Waals surface area contributed by atoms with E-state index in [4.69, 9.17) is 0 Å². The molecule has 2 aromatic rings. The maximum Gasteiger partial charge on any atom is 0.337 e. The molecule has 1 atom stereocenters. The lowest BCUT2D eigenvalue weighted by atomic mass is 10.2. The van der Waals surface area contributed by atoms with E-state index in [9.17, 15) is 9.59 Å². The second kappa shape index (κ2) is 5.61. The van der Waals surface area contributed by atoms with Gasteiger partial charge in [-0.2, -0.15) is 0 Å². The standard InChI is InChI=1S/C17H17N3O2/c1-18(2)15-16(21)20(14-11-7-4-8-12-14)17(22)19(15)13-9-5-3-6-10-13/h3-12,15H,1-2H3. The Bertz CT molecular complexity index is 686. The van der Waals surface area contributed by atoms with E-state index in [-0.39, 0.29) is 11.9 Å². The first-order valence-corrected chi connectivity index (χ1v) is 7.05. The molecular weight excluding hydrogens is 278 g/mol. The summed E-state index contributed by atoms with van der Waals surface area (Å²) in [6.45, 7) is 0. The van der Waals surface area contributed by atoms with Crippen molar-refractivity contribution in [3.8, 4) is 0 Å². The number of rotatable bonds is 3. The van der Waals surface area contributed by atoms with E-state index in [1.165, 1.54) is 9.80 Å². The monoisotopic (exact) mass is 295 g/mol. The Morgan fingerprint density at radius 1 is 0.818 bits per heavy atom. The quantitative estimate of drug-likeness (QED) is 0.817. The number of hydrogen-bond acceptors (Lipinski definition) is 3. The van der Waals surface area contributed by atoms with Gasteiger partial charge < -0.3 is 0 Å². The summed E-state index contributed by atoms with van der Waals surface area (Å²) >= 11 is 0. The maximum absolute atomic E-state index is 12.8. The van der Waals surface area contributed by atoms with Crippen LogP contribution in [-0.2, 0) is 4.79 Å². The molecule has 1 aliphatic heterocycles. The summed E-state index contributed by atoms with van der Waals surface area (Å²) < 4.78 is 0. The zero-order chi connectivity index (χ0) is 15.7. The number of amides is 3.